The van der Waals surface area contributed by atoms with Crippen molar-refractivity contribution < 1.29 is 18.3 Å². The molecule has 98 valence electrons. The van der Waals surface area contributed by atoms with Crippen molar-refractivity contribution in [3.8, 4) is 0 Å². The Hall–Kier alpha value is -1.75. The maximum atomic E-state index is 13.2. The first-order valence-electron chi connectivity index (χ1n) is 5.46. The normalized spacial score (nSPS) is 10.2. The quantitative estimate of drug-likeness (QED) is 0.625. The molecule has 0 radical (unpaired) electrons. The van der Waals surface area contributed by atoms with Crippen LogP contribution in [-0.2, 0) is 4.74 Å². The van der Waals surface area contributed by atoms with Gasteiger partial charge in [0.05, 0.1) is 13.2 Å². The second-order valence-electron chi connectivity index (χ2n) is 3.86. The largest absolute Gasteiger partial charge is 0.375 e. The molecule has 5 heteroatoms. The molecule has 1 aromatic rings. The lowest BCUT2D eigenvalue weighted by atomic mass is 10.2. The molecule has 0 bridgehead atoms. The van der Waals surface area contributed by atoms with Crippen LogP contribution in [0.3, 0.4) is 0 Å². The average molecular weight is 255 g/mol. The first-order valence-corrected chi connectivity index (χ1v) is 5.46. The zero-order chi connectivity index (χ0) is 13.5. The molecule has 0 saturated heterocycles. The molecular weight excluding hydrogens is 240 g/mol. The standard InChI is InChI=1S/C13H15F2NO2/c1-9(2)8-18-7-6-16-13(17)12-10(14)4-3-5-11(12)15/h3-5H,1,6-8H2,2H3,(H,16,17). The summed E-state index contributed by atoms with van der Waals surface area (Å²) in [5.41, 5.74) is 0.291. The van der Waals surface area contributed by atoms with Crippen molar-refractivity contribution in [2.45, 2.75) is 6.92 Å². The molecule has 0 fully saturated rings. The molecule has 0 unspecified atom stereocenters. The summed E-state index contributed by atoms with van der Waals surface area (Å²) in [5, 5.41) is 2.38. The van der Waals surface area contributed by atoms with Crippen LogP contribution in [0.1, 0.15) is 17.3 Å². The summed E-state index contributed by atoms with van der Waals surface area (Å²) in [6, 6.07) is 3.28. The van der Waals surface area contributed by atoms with Gasteiger partial charge in [0.25, 0.3) is 5.91 Å². The molecule has 0 saturated carbocycles. The van der Waals surface area contributed by atoms with Crippen LogP contribution in [0.15, 0.2) is 30.4 Å². The van der Waals surface area contributed by atoms with Crippen molar-refractivity contribution in [1.29, 1.82) is 0 Å². The van der Waals surface area contributed by atoms with E-state index in [0.29, 0.717) is 6.61 Å². The number of nitrogens with one attached hydrogen (secondary N) is 1. The highest BCUT2D eigenvalue weighted by Gasteiger charge is 2.15. The van der Waals surface area contributed by atoms with Crippen LogP contribution in [0.2, 0.25) is 0 Å². The molecule has 0 spiro atoms. The van der Waals surface area contributed by atoms with Crippen molar-refractivity contribution in [2.75, 3.05) is 19.8 Å². The van der Waals surface area contributed by atoms with E-state index < -0.39 is 23.1 Å². The summed E-state index contributed by atoms with van der Waals surface area (Å²) < 4.78 is 31.6. The zero-order valence-electron chi connectivity index (χ0n) is 10.1. The van der Waals surface area contributed by atoms with E-state index in [0.717, 1.165) is 17.7 Å². The Morgan fingerprint density at radius 2 is 2.00 bits per heavy atom. The summed E-state index contributed by atoms with van der Waals surface area (Å²) in [4.78, 5) is 11.5. The van der Waals surface area contributed by atoms with E-state index in [9.17, 15) is 13.6 Å². The van der Waals surface area contributed by atoms with Gasteiger partial charge in [-0.3, -0.25) is 4.79 Å². The number of halogens is 2. The number of ether oxygens (including phenoxy) is 1. The van der Waals surface area contributed by atoms with E-state index in [1.165, 1.54) is 6.07 Å². The molecule has 18 heavy (non-hydrogen) atoms. The number of amides is 1. The predicted molar refractivity (Wildman–Crippen MR) is 64.3 cm³/mol. The van der Waals surface area contributed by atoms with Gasteiger partial charge in [-0.25, -0.2) is 8.78 Å². The summed E-state index contributed by atoms with van der Waals surface area (Å²) in [5.74, 6) is -2.55. The second-order valence-corrected chi connectivity index (χ2v) is 3.86. The Kier molecular flexibility index (Phi) is 5.45. The van der Waals surface area contributed by atoms with Crippen LogP contribution in [0.25, 0.3) is 0 Å². The third-order valence-corrected chi connectivity index (χ3v) is 2.07. The van der Waals surface area contributed by atoms with E-state index in [4.69, 9.17) is 4.74 Å². The Balaban J connectivity index is 2.44. The Bertz CT molecular complexity index is 426. The van der Waals surface area contributed by atoms with Gasteiger partial charge in [0.15, 0.2) is 0 Å². The van der Waals surface area contributed by atoms with Crippen molar-refractivity contribution in [3.05, 3.63) is 47.5 Å². The fourth-order valence-corrected chi connectivity index (χ4v) is 1.29. The highest BCUT2D eigenvalue weighted by Crippen LogP contribution is 2.11. The molecule has 1 aromatic carbocycles. The zero-order valence-corrected chi connectivity index (χ0v) is 10.1. The smallest absolute Gasteiger partial charge is 0.257 e. The molecule has 0 aliphatic heterocycles. The molecule has 1 amide bonds. The van der Waals surface area contributed by atoms with Crippen molar-refractivity contribution in [3.63, 3.8) is 0 Å². The van der Waals surface area contributed by atoms with Gasteiger partial charge >= 0.3 is 0 Å². The lowest BCUT2D eigenvalue weighted by molar-refractivity contribution is 0.0918. The average Bonchev–Trinajstić information content (AvgIpc) is 2.27. The highest BCUT2D eigenvalue weighted by molar-refractivity contribution is 5.94. The SMILES string of the molecule is C=C(C)COCCNC(=O)c1c(F)cccc1F. The van der Waals surface area contributed by atoms with Crippen molar-refractivity contribution in [2.24, 2.45) is 0 Å². The minimum absolute atomic E-state index is 0.180. The summed E-state index contributed by atoms with van der Waals surface area (Å²) in [7, 11) is 0. The van der Waals surface area contributed by atoms with Crippen LogP contribution in [-0.4, -0.2) is 25.7 Å². The lowest BCUT2D eigenvalue weighted by Gasteiger charge is -2.07. The van der Waals surface area contributed by atoms with Crippen LogP contribution in [0.4, 0.5) is 8.78 Å². The van der Waals surface area contributed by atoms with Crippen LogP contribution in [0.5, 0.6) is 0 Å². The van der Waals surface area contributed by atoms with Crippen LogP contribution in [0, 0.1) is 11.6 Å². The van der Waals surface area contributed by atoms with Gasteiger partial charge in [0.2, 0.25) is 0 Å². The predicted octanol–water partition coefficient (Wildman–Crippen LogP) is 2.29. The third-order valence-electron chi connectivity index (χ3n) is 2.07. The van der Waals surface area contributed by atoms with E-state index in [1.54, 1.807) is 0 Å². The maximum Gasteiger partial charge on any atom is 0.257 e. The van der Waals surface area contributed by atoms with Gasteiger partial charge in [-0.1, -0.05) is 18.2 Å². The fraction of sp³-hybridized carbons (Fsp3) is 0.308. The van der Waals surface area contributed by atoms with Crippen molar-refractivity contribution in [1.82, 2.24) is 5.32 Å². The first-order chi connectivity index (χ1) is 8.52. The Morgan fingerprint density at radius 1 is 1.39 bits per heavy atom. The van der Waals surface area contributed by atoms with Gasteiger partial charge in [0, 0.05) is 6.54 Å². The first kappa shape index (κ1) is 14.3. The van der Waals surface area contributed by atoms with Crippen LogP contribution >= 0.6 is 0 Å². The second kappa shape index (κ2) is 6.86. The Morgan fingerprint density at radius 3 is 2.56 bits per heavy atom. The molecule has 3 nitrogen and oxygen atoms in total. The number of carbonyl (C=O) groups excluding carboxylic acids is 1. The van der Waals surface area contributed by atoms with Gasteiger partial charge < -0.3 is 10.1 Å². The van der Waals surface area contributed by atoms with Gasteiger partial charge in [0.1, 0.15) is 17.2 Å². The number of hydrogen-bond acceptors (Lipinski definition) is 2. The van der Waals surface area contributed by atoms with E-state index in [1.807, 2.05) is 6.92 Å². The number of benzene rings is 1. The topological polar surface area (TPSA) is 38.3 Å². The minimum Gasteiger partial charge on any atom is -0.375 e. The molecule has 1 rings (SSSR count). The van der Waals surface area contributed by atoms with E-state index in [2.05, 4.69) is 11.9 Å². The number of rotatable bonds is 6. The van der Waals surface area contributed by atoms with Gasteiger partial charge in [-0.2, -0.15) is 0 Å². The summed E-state index contributed by atoms with van der Waals surface area (Å²) in [6.07, 6.45) is 0. The Labute approximate surface area is 104 Å². The molecule has 1 N–H and O–H groups in total. The highest BCUT2D eigenvalue weighted by atomic mass is 19.1. The van der Waals surface area contributed by atoms with E-state index >= 15 is 0 Å². The van der Waals surface area contributed by atoms with Gasteiger partial charge in [-0.05, 0) is 19.1 Å². The van der Waals surface area contributed by atoms with Crippen molar-refractivity contribution >= 4 is 5.91 Å². The summed E-state index contributed by atoms with van der Waals surface area (Å²) in [6.45, 7) is 6.29. The number of carbonyl (C=O) groups is 1. The maximum absolute atomic E-state index is 13.2. The molecule has 0 aromatic heterocycles. The number of hydrogen-bond donors (Lipinski definition) is 1. The minimum atomic E-state index is -0.879. The van der Waals surface area contributed by atoms with Gasteiger partial charge in [-0.15, -0.1) is 0 Å². The monoisotopic (exact) mass is 255 g/mol. The van der Waals surface area contributed by atoms with E-state index in [-0.39, 0.29) is 13.2 Å². The fourth-order valence-electron chi connectivity index (χ4n) is 1.29. The third kappa shape index (κ3) is 4.25. The summed E-state index contributed by atoms with van der Waals surface area (Å²) >= 11 is 0. The lowest BCUT2D eigenvalue weighted by Crippen LogP contribution is -2.29. The molecule has 0 aliphatic rings. The molecule has 0 atom stereocenters. The molecule has 0 aliphatic carbocycles. The molecule has 0 heterocycles. The van der Waals surface area contributed by atoms with Crippen LogP contribution < -0.4 is 5.32 Å². The molecular formula is C13H15F2NO2.